The van der Waals surface area contributed by atoms with Gasteiger partial charge in [0.15, 0.2) is 0 Å². The quantitative estimate of drug-likeness (QED) is 0.827. The third-order valence-corrected chi connectivity index (χ3v) is 2.57. The minimum Gasteiger partial charge on any atom is -0.496 e. The number of hydrogen-bond donors (Lipinski definition) is 1. The van der Waals surface area contributed by atoms with Crippen LogP contribution in [0.2, 0.25) is 0 Å². The third-order valence-electron chi connectivity index (χ3n) is 2.57. The highest BCUT2D eigenvalue weighted by Crippen LogP contribution is 2.31. The standard InChI is InChI=1S/C13H18O4/c1-9-7-11(16-2)10(12(8-9)17-3)5-4-6-13(14)15/h7-8H,4-6H2,1-3H3,(H,14,15). The lowest BCUT2D eigenvalue weighted by molar-refractivity contribution is -0.137. The number of carbonyl (C=O) groups is 1. The van der Waals surface area contributed by atoms with Crippen molar-refractivity contribution in [3.63, 3.8) is 0 Å². The molecule has 0 atom stereocenters. The van der Waals surface area contributed by atoms with Crippen molar-refractivity contribution in [3.05, 3.63) is 23.3 Å². The molecule has 4 heteroatoms. The molecule has 0 bridgehead atoms. The summed E-state index contributed by atoms with van der Waals surface area (Å²) < 4.78 is 10.6. The van der Waals surface area contributed by atoms with Crippen LogP contribution in [-0.2, 0) is 11.2 Å². The molecule has 0 saturated carbocycles. The second-order valence-electron chi connectivity index (χ2n) is 3.90. The number of aryl methyl sites for hydroxylation is 1. The lowest BCUT2D eigenvalue weighted by Gasteiger charge is -2.14. The summed E-state index contributed by atoms with van der Waals surface area (Å²) in [5.74, 6) is 0.731. The van der Waals surface area contributed by atoms with Gasteiger partial charge in [0.2, 0.25) is 0 Å². The largest absolute Gasteiger partial charge is 0.496 e. The fraction of sp³-hybridized carbons (Fsp3) is 0.462. The summed E-state index contributed by atoms with van der Waals surface area (Å²) >= 11 is 0. The third kappa shape index (κ3) is 3.66. The van der Waals surface area contributed by atoms with Gasteiger partial charge in [-0.25, -0.2) is 0 Å². The predicted octanol–water partition coefficient (Wildman–Crippen LogP) is 2.42. The SMILES string of the molecule is COc1cc(C)cc(OC)c1CCCC(=O)O. The van der Waals surface area contributed by atoms with E-state index in [2.05, 4.69) is 0 Å². The van der Waals surface area contributed by atoms with Crippen LogP contribution in [-0.4, -0.2) is 25.3 Å². The molecule has 0 aliphatic heterocycles. The van der Waals surface area contributed by atoms with Crippen LogP contribution in [0.4, 0.5) is 0 Å². The molecule has 4 nitrogen and oxygen atoms in total. The summed E-state index contributed by atoms with van der Waals surface area (Å²) in [4.78, 5) is 10.5. The first-order valence-electron chi connectivity index (χ1n) is 5.51. The minimum absolute atomic E-state index is 0.153. The van der Waals surface area contributed by atoms with Crippen LogP contribution < -0.4 is 9.47 Å². The summed E-state index contributed by atoms with van der Waals surface area (Å²) in [6.45, 7) is 1.96. The molecule has 0 aliphatic carbocycles. The Kier molecular flexibility index (Phi) is 4.82. The van der Waals surface area contributed by atoms with E-state index in [1.807, 2.05) is 19.1 Å². The van der Waals surface area contributed by atoms with Crippen molar-refractivity contribution in [1.82, 2.24) is 0 Å². The number of methoxy groups -OCH3 is 2. The highest BCUT2D eigenvalue weighted by molar-refractivity contribution is 5.66. The fourth-order valence-corrected chi connectivity index (χ4v) is 1.78. The van der Waals surface area contributed by atoms with Crippen LogP contribution in [0.5, 0.6) is 11.5 Å². The molecule has 0 amide bonds. The van der Waals surface area contributed by atoms with Crippen LogP contribution in [0.25, 0.3) is 0 Å². The van der Waals surface area contributed by atoms with E-state index >= 15 is 0 Å². The zero-order valence-electron chi connectivity index (χ0n) is 10.4. The zero-order chi connectivity index (χ0) is 12.8. The van der Waals surface area contributed by atoms with E-state index in [0.717, 1.165) is 22.6 Å². The van der Waals surface area contributed by atoms with Gasteiger partial charge in [0, 0.05) is 12.0 Å². The number of carboxylic acids is 1. The molecule has 0 unspecified atom stereocenters. The molecule has 1 N–H and O–H groups in total. The molecule has 0 aromatic heterocycles. The lowest BCUT2D eigenvalue weighted by Crippen LogP contribution is -2.00. The Hall–Kier alpha value is -1.71. The number of ether oxygens (including phenoxy) is 2. The molecule has 1 rings (SSSR count). The normalized spacial score (nSPS) is 10.1. The van der Waals surface area contributed by atoms with Gasteiger partial charge >= 0.3 is 5.97 Å². The van der Waals surface area contributed by atoms with Gasteiger partial charge in [-0.3, -0.25) is 4.79 Å². The molecule has 17 heavy (non-hydrogen) atoms. The second kappa shape index (κ2) is 6.13. The van der Waals surface area contributed by atoms with E-state index in [-0.39, 0.29) is 6.42 Å². The van der Waals surface area contributed by atoms with E-state index in [0.29, 0.717) is 12.8 Å². The minimum atomic E-state index is -0.782. The average molecular weight is 238 g/mol. The van der Waals surface area contributed by atoms with E-state index in [9.17, 15) is 4.79 Å². The number of aliphatic carboxylic acids is 1. The van der Waals surface area contributed by atoms with Gasteiger partial charge in [-0.1, -0.05) is 0 Å². The van der Waals surface area contributed by atoms with Crippen LogP contribution in [0.15, 0.2) is 12.1 Å². The van der Waals surface area contributed by atoms with Gasteiger partial charge in [0.25, 0.3) is 0 Å². The Morgan fingerprint density at radius 2 is 1.76 bits per heavy atom. The Morgan fingerprint density at radius 3 is 2.18 bits per heavy atom. The van der Waals surface area contributed by atoms with E-state index in [1.165, 1.54) is 0 Å². The van der Waals surface area contributed by atoms with Crippen molar-refractivity contribution < 1.29 is 19.4 Å². The molecule has 0 spiro atoms. The van der Waals surface area contributed by atoms with Gasteiger partial charge in [-0.05, 0) is 37.5 Å². The Bertz CT molecular complexity index is 373. The maximum Gasteiger partial charge on any atom is 0.303 e. The summed E-state index contributed by atoms with van der Waals surface area (Å²) in [5, 5.41) is 8.63. The van der Waals surface area contributed by atoms with Gasteiger partial charge in [0.1, 0.15) is 11.5 Å². The molecule has 0 saturated heterocycles. The Balaban J connectivity index is 2.90. The average Bonchev–Trinajstić information content (AvgIpc) is 2.29. The summed E-state index contributed by atoms with van der Waals surface area (Å²) in [6, 6.07) is 3.86. The highest BCUT2D eigenvalue weighted by Gasteiger charge is 2.11. The topological polar surface area (TPSA) is 55.8 Å². The molecule has 0 aliphatic rings. The number of benzene rings is 1. The molecule has 1 aromatic carbocycles. The maximum absolute atomic E-state index is 10.5. The van der Waals surface area contributed by atoms with Crippen LogP contribution in [0, 0.1) is 6.92 Å². The van der Waals surface area contributed by atoms with E-state index < -0.39 is 5.97 Å². The fourth-order valence-electron chi connectivity index (χ4n) is 1.78. The van der Waals surface area contributed by atoms with Gasteiger partial charge < -0.3 is 14.6 Å². The Labute approximate surface area is 101 Å². The van der Waals surface area contributed by atoms with Crippen molar-refractivity contribution in [2.45, 2.75) is 26.2 Å². The van der Waals surface area contributed by atoms with Crippen molar-refractivity contribution >= 4 is 5.97 Å². The number of carboxylic acid groups (broad SMARTS) is 1. The lowest BCUT2D eigenvalue weighted by atomic mass is 10.0. The maximum atomic E-state index is 10.5. The molecule has 0 heterocycles. The van der Waals surface area contributed by atoms with Crippen molar-refractivity contribution in [2.24, 2.45) is 0 Å². The number of rotatable bonds is 6. The first-order valence-corrected chi connectivity index (χ1v) is 5.51. The predicted molar refractivity (Wildman–Crippen MR) is 64.9 cm³/mol. The molecule has 0 fully saturated rings. The van der Waals surface area contributed by atoms with E-state index in [4.69, 9.17) is 14.6 Å². The number of hydrogen-bond acceptors (Lipinski definition) is 3. The molecule has 0 radical (unpaired) electrons. The monoisotopic (exact) mass is 238 g/mol. The summed E-state index contributed by atoms with van der Waals surface area (Å²) in [7, 11) is 3.21. The van der Waals surface area contributed by atoms with Crippen molar-refractivity contribution in [3.8, 4) is 11.5 Å². The molecule has 94 valence electrons. The molecular weight excluding hydrogens is 220 g/mol. The summed E-state index contributed by atoms with van der Waals surface area (Å²) in [5.41, 5.74) is 1.99. The first-order chi connectivity index (χ1) is 8.08. The van der Waals surface area contributed by atoms with Gasteiger partial charge in [-0.2, -0.15) is 0 Å². The molecular formula is C13H18O4. The van der Waals surface area contributed by atoms with Gasteiger partial charge in [-0.15, -0.1) is 0 Å². The van der Waals surface area contributed by atoms with E-state index in [1.54, 1.807) is 14.2 Å². The van der Waals surface area contributed by atoms with Crippen molar-refractivity contribution in [1.29, 1.82) is 0 Å². The second-order valence-corrected chi connectivity index (χ2v) is 3.90. The molecule has 1 aromatic rings. The zero-order valence-corrected chi connectivity index (χ0v) is 10.4. The van der Waals surface area contributed by atoms with Crippen LogP contribution in [0.3, 0.4) is 0 Å². The Morgan fingerprint density at radius 1 is 1.24 bits per heavy atom. The summed E-state index contributed by atoms with van der Waals surface area (Å²) in [6.07, 6.45) is 1.37. The van der Waals surface area contributed by atoms with Crippen LogP contribution in [0.1, 0.15) is 24.0 Å². The smallest absolute Gasteiger partial charge is 0.303 e. The van der Waals surface area contributed by atoms with Crippen molar-refractivity contribution in [2.75, 3.05) is 14.2 Å². The highest BCUT2D eigenvalue weighted by atomic mass is 16.5. The van der Waals surface area contributed by atoms with Crippen LogP contribution >= 0.6 is 0 Å². The van der Waals surface area contributed by atoms with Gasteiger partial charge in [0.05, 0.1) is 14.2 Å². The first kappa shape index (κ1) is 13.4.